The van der Waals surface area contributed by atoms with Crippen LogP contribution in [0.3, 0.4) is 0 Å². The van der Waals surface area contributed by atoms with Crippen LogP contribution in [0.5, 0.6) is 5.75 Å². The van der Waals surface area contributed by atoms with Gasteiger partial charge in [-0.3, -0.25) is 9.10 Å². The minimum atomic E-state index is -3.93. The first-order valence-electron chi connectivity index (χ1n) is 11.0. The van der Waals surface area contributed by atoms with Gasteiger partial charge in [0.05, 0.1) is 23.3 Å². The first kappa shape index (κ1) is 25.8. The van der Waals surface area contributed by atoms with E-state index in [0.717, 1.165) is 5.56 Å². The molecule has 0 heterocycles. The number of carbonyl (C=O) groups is 2. The standard InChI is InChI=1S/C26H28N2O6S/c1-4-28(22-11-6-5-7-12-22)35(31,32)24-16-20(15-14-19(24)2)26(30)34-18-25(29)27-17-21-10-8-9-13-23(21)33-3/h5-16H,4,17-18H2,1-3H3,(H,27,29). The lowest BCUT2D eigenvalue weighted by molar-refractivity contribution is -0.124. The molecule has 184 valence electrons. The van der Waals surface area contributed by atoms with Crippen LogP contribution in [0.2, 0.25) is 0 Å². The average Bonchev–Trinajstić information content (AvgIpc) is 2.87. The molecule has 0 saturated heterocycles. The van der Waals surface area contributed by atoms with Crippen molar-refractivity contribution in [1.82, 2.24) is 5.32 Å². The quantitative estimate of drug-likeness (QED) is 0.430. The molecular weight excluding hydrogens is 468 g/mol. The molecule has 0 unspecified atom stereocenters. The number of ether oxygens (including phenoxy) is 2. The van der Waals surface area contributed by atoms with Gasteiger partial charge >= 0.3 is 5.97 Å². The summed E-state index contributed by atoms with van der Waals surface area (Å²) in [4.78, 5) is 24.8. The normalized spacial score (nSPS) is 10.9. The van der Waals surface area contributed by atoms with E-state index < -0.39 is 28.5 Å². The van der Waals surface area contributed by atoms with Crippen LogP contribution in [0.4, 0.5) is 5.69 Å². The molecule has 9 heteroatoms. The lowest BCUT2D eigenvalue weighted by Crippen LogP contribution is -2.31. The zero-order valence-corrected chi connectivity index (χ0v) is 20.7. The second kappa shape index (κ2) is 11.5. The molecule has 0 spiro atoms. The Morgan fingerprint density at radius 3 is 2.34 bits per heavy atom. The number of hydrogen-bond acceptors (Lipinski definition) is 6. The highest BCUT2D eigenvalue weighted by Crippen LogP contribution is 2.26. The van der Waals surface area contributed by atoms with Gasteiger partial charge in [-0.05, 0) is 49.7 Å². The number of aryl methyl sites for hydroxylation is 1. The number of hydrogen-bond donors (Lipinski definition) is 1. The molecular formula is C26H28N2O6S. The Hall–Kier alpha value is -3.85. The van der Waals surface area contributed by atoms with E-state index in [4.69, 9.17) is 9.47 Å². The summed E-state index contributed by atoms with van der Waals surface area (Å²) >= 11 is 0. The van der Waals surface area contributed by atoms with Crippen molar-refractivity contribution in [3.05, 3.63) is 89.5 Å². The molecule has 1 amide bonds. The predicted molar refractivity (Wildman–Crippen MR) is 133 cm³/mol. The Bertz CT molecular complexity index is 1290. The van der Waals surface area contributed by atoms with Gasteiger partial charge in [0.2, 0.25) is 0 Å². The molecule has 0 saturated carbocycles. The number of benzene rings is 3. The fraction of sp³-hybridized carbons (Fsp3) is 0.231. The van der Waals surface area contributed by atoms with E-state index >= 15 is 0 Å². The maximum Gasteiger partial charge on any atom is 0.338 e. The first-order valence-corrected chi connectivity index (χ1v) is 12.5. The summed E-state index contributed by atoms with van der Waals surface area (Å²) in [5.41, 5.74) is 1.83. The van der Waals surface area contributed by atoms with E-state index in [-0.39, 0.29) is 23.5 Å². The number of methoxy groups -OCH3 is 1. The highest BCUT2D eigenvalue weighted by Gasteiger charge is 2.26. The predicted octanol–water partition coefficient (Wildman–Crippen LogP) is 3.69. The lowest BCUT2D eigenvalue weighted by atomic mass is 10.1. The number of rotatable bonds is 10. The Labute approximate surface area is 205 Å². The maximum absolute atomic E-state index is 13.4. The van der Waals surface area contributed by atoms with Crippen LogP contribution in [0.15, 0.2) is 77.7 Å². The van der Waals surface area contributed by atoms with E-state index in [9.17, 15) is 18.0 Å². The minimum Gasteiger partial charge on any atom is -0.496 e. The van der Waals surface area contributed by atoms with E-state index in [1.54, 1.807) is 56.3 Å². The lowest BCUT2D eigenvalue weighted by Gasteiger charge is -2.24. The molecule has 0 radical (unpaired) electrons. The first-order chi connectivity index (χ1) is 16.8. The third kappa shape index (κ3) is 6.19. The molecule has 0 atom stereocenters. The summed E-state index contributed by atoms with van der Waals surface area (Å²) in [5.74, 6) is -0.656. The van der Waals surface area contributed by atoms with Crippen molar-refractivity contribution in [1.29, 1.82) is 0 Å². The summed E-state index contributed by atoms with van der Waals surface area (Å²) in [6, 6.07) is 20.3. The molecule has 0 aromatic heterocycles. The van der Waals surface area contributed by atoms with Crippen molar-refractivity contribution < 1.29 is 27.5 Å². The summed E-state index contributed by atoms with van der Waals surface area (Å²) in [6.07, 6.45) is 0. The van der Waals surface area contributed by atoms with Gasteiger partial charge in [-0.15, -0.1) is 0 Å². The zero-order valence-electron chi connectivity index (χ0n) is 19.9. The summed E-state index contributed by atoms with van der Waals surface area (Å²) in [6.45, 7) is 3.31. The average molecular weight is 497 g/mol. The van der Waals surface area contributed by atoms with Gasteiger partial charge in [0.1, 0.15) is 5.75 Å². The molecule has 1 N–H and O–H groups in total. The van der Waals surface area contributed by atoms with E-state index in [2.05, 4.69) is 5.32 Å². The van der Waals surface area contributed by atoms with Crippen LogP contribution >= 0.6 is 0 Å². The SMILES string of the molecule is CCN(c1ccccc1)S(=O)(=O)c1cc(C(=O)OCC(=O)NCc2ccccc2OC)ccc1C. The summed E-state index contributed by atoms with van der Waals surface area (Å²) in [7, 11) is -2.39. The molecule has 3 aromatic carbocycles. The van der Waals surface area contributed by atoms with Crippen molar-refractivity contribution in [2.45, 2.75) is 25.3 Å². The Balaban J connectivity index is 1.69. The van der Waals surface area contributed by atoms with Crippen LogP contribution in [0.25, 0.3) is 0 Å². The number of nitrogens with one attached hydrogen (secondary N) is 1. The molecule has 0 fully saturated rings. The van der Waals surface area contributed by atoms with Gasteiger partial charge in [-0.2, -0.15) is 0 Å². The summed E-state index contributed by atoms with van der Waals surface area (Å²) < 4.78 is 38.4. The third-order valence-electron chi connectivity index (χ3n) is 5.33. The third-order valence-corrected chi connectivity index (χ3v) is 7.37. The zero-order chi connectivity index (χ0) is 25.4. The number of nitrogens with zero attached hydrogens (tertiary/aromatic N) is 1. The van der Waals surface area contributed by atoms with E-state index in [1.165, 1.54) is 23.5 Å². The Morgan fingerprint density at radius 1 is 0.971 bits per heavy atom. The minimum absolute atomic E-state index is 0.00160. The molecule has 0 aliphatic carbocycles. The number of sulfonamides is 1. The number of anilines is 1. The van der Waals surface area contributed by atoms with Crippen LogP contribution in [-0.2, 0) is 26.1 Å². The van der Waals surface area contributed by atoms with Gasteiger partial charge in [0.25, 0.3) is 15.9 Å². The maximum atomic E-state index is 13.4. The summed E-state index contributed by atoms with van der Waals surface area (Å²) in [5, 5.41) is 2.67. The highest BCUT2D eigenvalue weighted by molar-refractivity contribution is 7.92. The van der Waals surface area contributed by atoms with Crippen LogP contribution in [0, 0.1) is 6.92 Å². The Kier molecular flexibility index (Phi) is 8.48. The molecule has 0 aliphatic heterocycles. The van der Waals surface area contributed by atoms with Crippen molar-refractivity contribution in [3.8, 4) is 5.75 Å². The highest BCUT2D eigenvalue weighted by atomic mass is 32.2. The number of para-hydroxylation sites is 2. The van der Waals surface area contributed by atoms with Gasteiger partial charge in [-0.1, -0.05) is 42.5 Å². The van der Waals surface area contributed by atoms with Gasteiger partial charge in [0, 0.05) is 18.7 Å². The smallest absolute Gasteiger partial charge is 0.338 e. The molecule has 3 rings (SSSR count). The largest absolute Gasteiger partial charge is 0.496 e. The molecule has 8 nitrogen and oxygen atoms in total. The molecule has 35 heavy (non-hydrogen) atoms. The fourth-order valence-corrected chi connectivity index (χ4v) is 5.24. The number of carbonyl (C=O) groups excluding carboxylic acids is 2. The topological polar surface area (TPSA) is 102 Å². The van der Waals surface area contributed by atoms with Gasteiger partial charge in [-0.25, -0.2) is 13.2 Å². The van der Waals surface area contributed by atoms with Crippen LogP contribution < -0.4 is 14.4 Å². The van der Waals surface area contributed by atoms with Gasteiger partial charge in [0.15, 0.2) is 6.61 Å². The molecule has 0 bridgehead atoms. The van der Waals surface area contributed by atoms with Gasteiger partial charge < -0.3 is 14.8 Å². The van der Waals surface area contributed by atoms with Crippen molar-refractivity contribution >= 4 is 27.6 Å². The monoisotopic (exact) mass is 496 g/mol. The second-order valence-corrected chi connectivity index (χ2v) is 9.48. The van der Waals surface area contributed by atoms with Crippen molar-refractivity contribution in [2.75, 3.05) is 24.6 Å². The van der Waals surface area contributed by atoms with E-state index in [1.807, 2.05) is 18.2 Å². The fourth-order valence-electron chi connectivity index (χ4n) is 3.52. The molecule has 3 aromatic rings. The molecule has 0 aliphatic rings. The second-order valence-electron chi connectivity index (χ2n) is 7.65. The van der Waals surface area contributed by atoms with Crippen molar-refractivity contribution in [2.24, 2.45) is 0 Å². The number of amides is 1. The van der Waals surface area contributed by atoms with Crippen LogP contribution in [-0.4, -0.2) is 40.6 Å². The van der Waals surface area contributed by atoms with Crippen LogP contribution in [0.1, 0.15) is 28.4 Å². The number of esters is 1. The van der Waals surface area contributed by atoms with Crippen molar-refractivity contribution in [3.63, 3.8) is 0 Å². The van der Waals surface area contributed by atoms with E-state index in [0.29, 0.717) is 17.0 Å². The Morgan fingerprint density at radius 2 is 1.66 bits per heavy atom.